The highest BCUT2D eigenvalue weighted by molar-refractivity contribution is 6.00. The highest BCUT2D eigenvalue weighted by Crippen LogP contribution is 2.24. The minimum atomic E-state index is -0.364. The fraction of sp³-hybridized carbons (Fsp3) is 0.542. The van der Waals surface area contributed by atoms with Crippen LogP contribution in [-0.4, -0.2) is 54.9 Å². The van der Waals surface area contributed by atoms with Crippen molar-refractivity contribution in [2.45, 2.75) is 53.5 Å². The Hall–Kier alpha value is -2.11. The van der Waals surface area contributed by atoms with Crippen LogP contribution in [-0.2, 0) is 9.53 Å². The molecule has 1 unspecified atom stereocenters. The van der Waals surface area contributed by atoms with Gasteiger partial charge in [-0.3, -0.25) is 0 Å². The molecule has 0 aliphatic carbocycles. The van der Waals surface area contributed by atoms with Gasteiger partial charge in [-0.15, -0.1) is 0 Å². The Labute approximate surface area is 176 Å². The molecule has 162 valence electrons. The smallest absolute Gasteiger partial charge is 0.340 e. The Bertz CT molecular complexity index is 697. The summed E-state index contributed by atoms with van der Waals surface area (Å²) < 4.78 is 5.26. The highest BCUT2D eigenvalue weighted by atomic mass is 16.5. The number of aliphatic hydroxyl groups excluding tert-OH is 1. The van der Waals surface area contributed by atoms with Gasteiger partial charge in [0, 0.05) is 18.2 Å². The number of aryl methyl sites for hydroxylation is 2. The molecule has 0 bridgehead atoms. The van der Waals surface area contributed by atoms with Gasteiger partial charge in [0.2, 0.25) is 0 Å². The van der Waals surface area contributed by atoms with Crippen molar-refractivity contribution in [3.05, 3.63) is 53.1 Å². The van der Waals surface area contributed by atoms with Crippen molar-refractivity contribution in [3.8, 4) is 0 Å². The molecular formula is C24H38N2O3. The summed E-state index contributed by atoms with van der Waals surface area (Å²) in [7, 11) is 0. The average molecular weight is 403 g/mol. The van der Waals surface area contributed by atoms with E-state index in [1.807, 2.05) is 6.07 Å². The number of benzene rings is 1. The van der Waals surface area contributed by atoms with E-state index in [2.05, 4.69) is 56.6 Å². The molecule has 2 N–H and O–H groups in total. The lowest BCUT2D eigenvalue weighted by Crippen LogP contribution is -2.31. The molecule has 0 spiro atoms. The maximum atomic E-state index is 12.5. The minimum absolute atomic E-state index is 0.169. The van der Waals surface area contributed by atoms with E-state index >= 15 is 0 Å². The fourth-order valence-corrected chi connectivity index (χ4v) is 3.40. The molecular weight excluding hydrogens is 364 g/mol. The molecule has 0 heterocycles. The molecule has 0 amide bonds. The molecule has 0 radical (unpaired) electrons. The second kappa shape index (κ2) is 13.2. The van der Waals surface area contributed by atoms with Gasteiger partial charge >= 0.3 is 5.97 Å². The van der Waals surface area contributed by atoms with Crippen molar-refractivity contribution in [1.82, 2.24) is 10.2 Å². The number of rotatable bonds is 13. The van der Waals surface area contributed by atoms with Gasteiger partial charge in [-0.2, -0.15) is 0 Å². The lowest BCUT2D eigenvalue weighted by molar-refractivity contribution is -0.138. The van der Waals surface area contributed by atoms with Crippen molar-refractivity contribution in [3.63, 3.8) is 0 Å². The van der Waals surface area contributed by atoms with E-state index in [1.54, 1.807) is 13.0 Å². The first-order chi connectivity index (χ1) is 13.9. The molecule has 0 aliphatic heterocycles. The molecule has 1 aromatic rings. The third-order valence-electron chi connectivity index (χ3n) is 4.99. The molecule has 0 fully saturated rings. The standard InChI is InChI=1S/C24H38N2O3/c1-7-21(24(28)29-9-3)23(22-13-12-18(4)17-19(22)5)25-20(6)11-10-14-26(8-2)15-16-27/h7,12-13,17,20,25,27H,1,8-11,14-16H2,2-6H3/b23-21-. The van der Waals surface area contributed by atoms with Crippen molar-refractivity contribution >= 4 is 11.7 Å². The number of hydrogen-bond donors (Lipinski definition) is 2. The van der Waals surface area contributed by atoms with Crippen LogP contribution in [0.15, 0.2) is 36.4 Å². The van der Waals surface area contributed by atoms with E-state index in [-0.39, 0.29) is 18.6 Å². The lowest BCUT2D eigenvalue weighted by atomic mass is 9.98. The number of carbonyl (C=O) groups is 1. The second-order valence-corrected chi connectivity index (χ2v) is 7.38. The zero-order valence-corrected chi connectivity index (χ0v) is 18.8. The van der Waals surface area contributed by atoms with E-state index in [0.717, 1.165) is 42.8 Å². The van der Waals surface area contributed by atoms with Crippen LogP contribution in [0.1, 0.15) is 50.3 Å². The average Bonchev–Trinajstić information content (AvgIpc) is 2.67. The van der Waals surface area contributed by atoms with Gasteiger partial charge in [0.25, 0.3) is 0 Å². The number of carbonyl (C=O) groups excluding carboxylic acids is 1. The fourth-order valence-electron chi connectivity index (χ4n) is 3.40. The summed E-state index contributed by atoms with van der Waals surface area (Å²) in [6, 6.07) is 6.38. The van der Waals surface area contributed by atoms with E-state index in [4.69, 9.17) is 9.84 Å². The molecule has 5 nitrogen and oxygen atoms in total. The van der Waals surface area contributed by atoms with E-state index in [1.165, 1.54) is 5.56 Å². The van der Waals surface area contributed by atoms with Crippen molar-refractivity contribution in [2.75, 3.05) is 32.8 Å². The number of nitrogens with zero attached hydrogens (tertiary/aromatic N) is 1. The Balaban J connectivity index is 3.06. The summed E-state index contributed by atoms with van der Waals surface area (Å²) in [5, 5.41) is 12.7. The molecule has 1 rings (SSSR count). The van der Waals surface area contributed by atoms with E-state index in [0.29, 0.717) is 18.7 Å². The molecule has 0 aliphatic rings. The van der Waals surface area contributed by atoms with Crippen molar-refractivity contribution < 1.29 is 14.6 Å². The van der Waals surface area contributed by atoms with Crippen LogP contribution in [0.2, 0.25) is 0 Å². The van der Waals surface area contributed by atoms with Crippen LogP contribution in [0.5, 0.6) is 0 Å². The Kier molecular flexibility index (Phi) is 11.3. The summed E-state index contributed by atoms with van der Waals surface area (Å²) in [4.78, 5) is 14.8. The lowest BCUT2D eigenvalue weighted by Gasteiger charge is -2.24. The number of likely N-dealkylation sites (N-methyl/N-ethyl adjacent to an activating group) is 1. The normalized spacial score (nSPS) is 13.1. The first-order valence-corrected chi connectivity index (χ1v) is 10.6. The van der Waals surface area contributed by atoms with Gasteiger partial charge in [-0.1, -0.05) is 43.3 Å². The van der Waals surface area contributed by atoms with Crippen LogP contribution in [0.25, 0.3) is 5.70 Å². The van der Waals surface area contributed by atoms with Crippen LogP contribution in [0.3, 0.4) is 0 Å². The third-order valence-corrected chi connectivity index (χ3v) is 4.99. The van der Waals surface area contributed by atoms with Gasteiger partial charge in [-0.05, 0) is 59.2 Å². The van der Waals surface area contributed by atoms with Gasteiger partial charge in [0.15, 0.2) is 0 Å². The maximum Gasteiger partial charge on any atom is 0.340 e. The molecule has 1 aromatic carbocycles. The van der Waals surface area contributed by atoms with Crippen molar-refractivity contribution in [1.29, 1.82) is 0 Å². The second-order valence-electron chi connectivity index (χ2n) is 7.38. The zero-order valence-electron chi connectivity index (χ0n) is 18.8. The Morgan fingerprint density at radius 2 is 2.03 bits per heavy atom. The summed E-state index contributed by atoms with van der Waals surface area (Å²) >= 11 is 0. The number of hydrogen-bond acceptors (Lipinski definition) is 5. The van der Waals surface area contributed by atoms with Crippen LogP contribution >= 0.6 is 0 Å². The Morgan fingerprint density at radius 3 is 2.59 bits per heavy atom. The largest absolute Gasteiger partial charge is 0.462 e. The third kappa shape index (κ3) is 8.03. The molecule has 0 saturated carbocycles. The zero-order chi connectivity index (χ0) is 21.8. The predicted octanol–water partition coefficient (Wildman–Crippen LogP) is 3.84. The monoisotopic (exact) mass is 402 g/mol. The molecule has 5 heteroatoms. The summed E-state index contributed by atoms with van der Waals surface area (Å²) in [5.41, 5.74) is 4.50. The molecule has 0 aromatic heterocycles. The van der Waals surface area contributed by atoms with Gasteiger partial charge in [-0.25, -0.2) is 4.79 Å². The minimum Gasteiger partial charge on any atom is -0.462 e. The summed E-state index contributed by atoms with van der Waals surface area (Å²) in [6.07, 6.45) is 3.53. The predicted molar refractivity (Wildman–Crippen MR) is 121 cm³/mol. The van der Waals surface area contributed by atoms with Gasteiger partial charge in [0.1, 0.15) is 0 Å². The molecule has 1 atom stereocenters. The topological polar surface area (TPSA) is 61.8 Å². The van der Waals surface area contributed by atoms with Gasteiger partial charge < -0.3 is 20.1 Å². The van der Waals surface area contributed by atoms with Crippen molar-refractivity contribution in [2.24, 2.45) is 0 Å². The quantitative estimate of drug-likeness (QED) is 0.298. The first kappa shape index (κ1) is 24.9. The van der Waals surface area contributed by atoms with E-state index < -0.39 is 0 Å². The number of aliphatic hydroxyl groups is 1. The first-order valence-electron chi connectivity index (χ1n) is 10.6. The molecule has 29 heavy (non-hydrogen) atoms. The number of esters is 1. The maximum absolute atomic E-state index is 12.5. The molecule has 0 saturated heterocycles. The Morgan fingerprint density at radius 1 is 1.31 bits per heavy atom. The van der Waals surface area contributed by atoms with Gasteiger partial charge in [0.05, 0.1) is 24.5 Å². The highest BCUT2D eigenvalue weighted by Gasteiger charge is 2.19. The van der Waals surface area contributed by atoms with E-state index in [9.17, 15) is 4.79 Å². The van der Waals surface area contributed by atoms with Crippen LogP contribution in [0, 0.1) is 13.8 Å². The SMILES string of the molecule is C=C/C(C(=O)OCC)=C(/NC(C)CCCN(CC)CCO)c1ccc(C)cc1C. The summed E-state index contributed by atoms with van der Waals surface area (Å²) in [5.74, 6) is -0.364. The number of ether oxygens (including phenoxy) is 1. The number of nitrogens with one attached hydrogen (secondary N) is 1. The summed E-state index contributed by atoms with van der Waals surface area (Å²) in [6.45, 7) is 17.1. The van der Waals surface area contributed by atoms with Crippen LogP contribution in [0.4, 0.5) is 0 Å². The van der Waals surface area contributed by atoms with Crippen LogP contribution < -0.4 is 5.32 Å².